The highest BCUT2D eigenvalue weighted by atomic mass is 35.5. The van der Waals surface area contributed by atoms with Crippen LogP contribution in [0.5, 0.6) is 5.75 Å². The van der Waals surface area contributed by atoms with Crippen LogP contribution in [0, 0.1) is 6.92 Å². The number of hydrogen-bond acceptors (Lipinski definition) is 5. The average molecular weight is 475 g/mol. The normalized spacial score (nSPS) is 11.2. The van der Waals surface area contributed by atoms with Crippen LogP contribution in [0.2, 0.25) is 10.0 Å². The quantitative estimate of drug-likeness (QED) is 0.531. The molecule has 0 atom stereocenters. The molecule has 0 spiro atoms. The molecular formula is C20H24Cl2N2O5S. The van der Waals surface area contributed by atoms with Gasteiger partial charge < -0.3 is 14.8 Å². The van der Waals surface area contributed by atoms with Crippen LogP contribution in [-0.2, 0) is 19.6 Å². The first kappa shape index (κ1) is 24.3. The molecule has 0 aliphatic heterocycles. The molecule has 0 saturated heterocycles. The number of ether oxygens (including phenoxy) is 2. The van der Waals surface area contributed by atoms with E-state index in [2.05, 4.69) is 5.32 Å². The molecule has 7 nitrogen and oxygen atoms in total. The van der Waals surface area contributed by atoms with Gasteiger partial charge in [0.2, 0.25) is 5.91 Å². The first-order valence-electron chi connectivity index (χ1n) is 9.08. The largest absolute Gasteiger partial charge is 0.495 e. The molecule has 0 heterocycles. The Morgan fingerprint density at radius 3 is 2.47 bits per heavy atom. The van der Waals surface area contributed by atoms with Crippen molar-refractivity contribution < 1.29 is 22.7 Å². The number of halogens is 2. The number of benzene rings is 2. The van der Waals surface area contributed by atoms with Crippen molar-refractivity contribution in [3.63, 3.8) is 0 Å². The SMILES string of the molecule is COCCCNC(=O)CN(c1ccc(Cl)c(Cl)c1)S(=O)(=O)c1cc(C)ccc1OC. The number of carbonyl (C=O) groups excluding carboxylic acids is 1. The van der Waals surface area contributed by atoms with Crippen molar-refractivity contribution in [3.05, 3.63) is 52.0 Å². The van der Waals surface area contributed by atoms with Gasteiger partial charge in [-0.3, -0.25) is 9.10 Å². The van der Waals surface area contributed by atoms with E-state index in [9.17, 15) is 13.2 Å². The third-order valence-corrected chi connectivity index (χ3v) is 6.75. The topological polar surface area (TPSA) is 84.9 Å². The maximum Gasteiger partial charge on any atom is 0.268 e. The van der Waals surface area contributed by atoms with Crippen molar-refractivity contribution in [1.82, 2.24) is 5.32 Å². The highest BCUT2D eigenvalue weighted by Gasteiger charge is 2.30. The van der Waals surface area contributed by atoms with Crippen LogP contribution in [0.3, 0.4) is 0 Å². The molecule has 2 aromatic carbocycles. The van der Waals surface area contributed by atoms with Gasteiger partial charge in [-0.05, 0) is 49.2 Å². The van der Waals surface area contributed by atoms with Gasteiger partial charge in [0.05, 0.1) is 22.8 Å². The van der Waals surface area contributed by atoms with Gasteiger partial charge in [0.1, 0.15) is 17.2 Å². The van der Waals surface area contributed by atoms with Crippen molar-refractivity contribution in [1.29, 1.82) is 0 Å². The van der Waals surface area contributed by atoms with E-state index in [1.807, 2.05) is 0 Å². The smallest absolute Gasteiger partial charge is 0.268 e. The van der Waals surface area contributed by atoms with E-state index >= 15 is 0 Å². The zero-order valence-electron chi connectivity index (χ0n) is 16.9. The molecule has 10 heteroatoms. The number of amides is 1. The second kappa shape index (κ2) is 10.9. The lowest BCUT2D eigenvalue weighted by molar-refractivity contribution is -0.119. The maximum atomic E-state index is 13.5. The highest BCUT2D eigenvalue weighted by Crippen LogP contribution is 2.33. The lowest BCUT2D eigenvalue weighted by Crippen LogP contribution is -2.41. The van der Waals surface area contributed by atoms with Crippen LogP contribution < -0.4 is 14.4 Å². The predicted octanol–water partition coefficient (Wildman–Crippen LogP) is 3.66. The zero-order chi connectivity index (χ0) is 22.3. The van der Waals surface area contributed by atoms with Crippen molar-refractivity contribution in [2.24, 2.45) is 0 Å². The fourth-order valence-electron chi connectivity index (χ4n) is 2.69. The first-order chi connectivity index (χ1) is 14.2. The molecule has 2 aromatic rings. The van der Waals surface area contributed by atoms with Gasteiger partial charge in [-0.1, -0.05) is 29.3 Å². The third kappa shape index (κ3) is 6.01. The van der Waals surface area contributed by atoms with Crippen LogP contribution in [0.4, 0.5) is 5.69 Å². The second-order valence-electron chi connectivity index (χ2n) is 6.46. The minimum absolute atomic E-state index is 0.0525. The molecule has 1 amide bonds. The Morgan fingerprint density at radius 1 is 1.10 bits per heavy atom. The predicted molar refractivity (Wildman–Crippen MR) is 118 cm³/mol. The number of anilines is 1. The fraction of sp³-hybridized carbons (Fsp3) is 0.350. The summed E-state index contributed by atoms with van der Waals surface area (Å²) >= 11 is 12.1. The number of rotatable bonds is 10. The van der Waals surface area contributed by atoms with Crippen molar-refractivity contribution in [2.75, 3.05) is 38.2 Å². The molecular weight excluding hydrogens is 451 g/mol. The monoisotopic (exact) mass is 474 g/mol. The first-order valence-corrected chi connectivity index (χ1v) is 11.3. The summed E-state index contributed by atoms with van der Waals surface area (Å²) in [4.78, 5) is 12.4. The molecule has 30 heavy (non-hydrogen) atoms. The van der Waals surface area contributed by atoms with Crippen molar-refractivity contribution in [3.8, 4) is 5.75 Å². The van der Waals surface area contributed by atoms with Gasteiger partial charge in [-0.2, -0.15) is 0 Å². The Bertz CT molecular complexity index is 999. The zero-order valence-corrected chi connectivity index (χ0v) is 19.3. The van der Waals surface area contributed by atoms with Gasteiger partial charge >= 0.3 is 0 Å². The molecule has 0 aliphatic carbocycles. The Hall–Kier alpha value is -2.00. The molecule has 0 radical (unpaired) electrons. The van der Waals surface area contributed by atoms with Crippen molar-refractivity contribution in [2.45, 2.75) is 18.2 Å². The van der Waals surface area contributed by atoms with Gasteiger partial charge in [-0.25, -0.2) is 8.42 Å². The van der Waals surface area contributed by atoms with Crippen LogP contribution in [0.15, 0.2) is 41.3 Å². The standard InChI is InChI=1S/C20H24Cl2N2O5S/c1-14-5-8-18(29-3)19(11-14)30(26,27)24(13-20(25)23-9-4-10-28-2)15-6-7-16(21)17(22)12-15/h5-8,11-12H,4,9-10,13H2,1-3H3,(H,23,25). The molecule has 0 aliphatic rings. The average Bonchev–Trinajstić information content (AvgIpc) is 2.71. The number of aryl methyl sites for hydroxylation is 1. The Balaban J connectivity index is 2.46. The molecule has 0 bridgehead atoms. The lowest BCUT2D eigenvalue weighted by Gasteiger charge is -2.25. The molecule has 1 N–H and O–H groups in total. The number of methoxy groups -OCH3 is 2. The molecule has 0 aromatic heterocycles. The van der Waals surface area contributed by atoms with Crippen molar-refractivity contribution >= 4 is 44.8 Å². The maximum absolute atomic E-state index is 13.5. The Morgan fingerprint density at radius 2 is 1.83 bits per heavy atom. The van der Waals surface area contributed by atoms with E-state index < -0.39 is 22.5 Å². The van der Waals surface area contributed by atoms with Crippen LogP contribution >= 0.6 is 23.2 Å². The summed E-state index contributed by atoms with van der Waals surface area (Å²) in [6, 6.07) is 9.18. The summed E-state index contributed by atoms with van der Waals surface area (Å²) < 4.78 is 38.3. The summed E-state index contributed by atoms with van der Waals surface area (Å²) in [6.07, 6.45) is 0.605. The van der Waals surface area contributed by atoms with E-state index in [-0.39, 0.29) is 26.4 Å². The number of nitrogens with one attached hydrogen (secondary N) is 1. The van der Waals surface area contributed by atoms with Crippen LogP contribution in [0.25, 0.3) is 0 Å². The molecule has 164 valence electrons. The number of hydrogen-bond donors (Lipinski definition) is 1. The molecule has 2 rings (SSSR count). The van der Waals surface area contributed by atoms with Gasteiger partial charge in [0.15, 0.2) is 0 Å². The van der Waals surface area contributed by atoms with Gasteiger partial charge in [0, 0.05) is 20.3 Å². The molecule has 0 saturated carbocycles. The lowest BCUT2D eigenvalue weighted by atomic mass is 10.2. The number of sulfonamides is 1. The number of nitrogens with zero attached hydrogens (tertiary/aromatic N) is 1. The molecule has 0 fully saturated rings. The minimum Gasteiger partial charge on any atom is -0.495 e. The minimum atomic E-state index is -4.16. The van der Waals surface area contributed by atoms with Crippen LogP contribution in [0.1, 0.15) is 12.0 Å². The summed E-state index contributed by atoms with van der Waals surface area (Å²) in [5, 5.41) is 3.14. The number of carbonyl (C=O) groups is 1. The van der Waals surface area contributed by atoms with E-state index in [0.717, 1.165) is 9.87 Å². The summed E-state index contributed by atoms with van der Waals surface area (Å²) in [5.41, 5.74) is 0.937. The van der Waals surface area contributed by atoms with Gasteiger partial charge in [0.25, 0.3) is 10.0 Å². The van der Waals surface area contributed by atoms with E-state index in [4.69, 9.17) is 32.7 Å². The second-order valence-corrected chi connectivity index (χ2v) is 9.11. The van der Waals surface area contributed by atoms with Crippen LogP contribution in [-0.4, -0.2) is 48.2 Å². The molecule has 0 unspecified atom stereocenters. The summed E-state index contributed by atoms with van der Waals surface area (Å²) in [6.45, 7) is 2.17. The van der Waals surface area contributed by atoms with Gasteiger partial charge in [-0.15, -0.1) is 0 Å². The highest BCUT2D eigenvalue weighted by molar-refractivity contribution is 7.93. The Labute approximate surface area is 186 Å². The van der Waals surface area contributed by atoms with E-state index in [1.165, 1.54) is 31.4 Å². The Kier molecular flexibility index (Phi) is 8.78. The van der Waals surface area contributed by atoms with E-state index in [1.54, 1.807) is 26.2 Å². The summed E-state index contributed by atoms with van der Waals surface area (Å²) in [7, 11) is -1.21. The third-order valence-electron chi connectivity index (χ3n) is 4.21. The summed E-state index contributed by atoms with van der Waals surface area (Å²) in [5.74, 6) is -0.293. The fourth-order valence-corrected chi connectivity index (χ4v) is 4.64. The van der Waals surface area contributed by atoms with E-state index in [0.29, 0.717) is 19.6 Å².